The Bertz CT molecular complexity index is 355. The van der Waals surface area contributed by atoms with Crippen LogP contribution in [0.5, 0.6) is 0 Å². The summed E-state index contributed by atoms with van der Waals surface area (Å²) in [5.41, 5.74) is 0. The summed E-state index contributed by atoms with van der Waals surface area (Å²) in [5, 5.41) is 12.3. The van der Waals surface area contributed by atoms with E-state index in [2.05, 4.69) is 25.2 Å². The summed E-state index contributed by atoms with van der Waals surface area (Å²) in [5.74, 6) is 1.35. The van der Waals surface area contributed by atoms with Gasteiger partial charge in [0.1, 0.15) is 6.04 Å². The number of carbonyl (C=O) groups is 1. The molecule has 2 aliphatic heterocycles. The minimum absolute atomic E-state index is 0.169. The zero-order valence-corrected chi connectivity index (χ0v) is 11.9. The Morgan fingerprint density at radius 3 is 2.68 bits per heavy atom. The number of carbonyl (C=O) groups excluding carboxylic acids is 1. The van der Waals surface area contributed by atoms with E-state index in [4.69, 9.17) is 5.26 Å². The Labute approximate surface area is 115 Å². The van der Waals surface area contributed by atoms with Crippen LogP contribution in [0, 0.1) is 23.2 Å². The van der Waals surface area contributed by atoms with E-state index < -0.39 is 0 Å². The van der Waals surface area contributed by atoms with Gasteiger partial charge >= 0.3 is 0 Å². The fourth-order valence-corrected chi connectivity index (χ4v) is 3.20. The number of amides is 1. The van der Waals surface area contributed by atoms with Gasteiger partial charge in [0.2, 0.25) is 5.91 Å². The molecule has 19 heavy (non-hydrogen) atoms. The highest BCUT2D eigenvalue weighted by atomic mass is 16.2. The lowest BCUT2D eigenvalue weighted by Crippen LogP contribution is -2.55. The fourth-order valence-electron chi connectivity index (χ4n) is 3.20. The Hall–Kier alpha value is -1.12. The largest absolute Gasteiger partial charge is 0.341 e. The molecule has 2 heterocycles. The molecular weight excluding hydrogens is 240 g/mol. The molecule has 2 saturated heterocycles. The molecule has 3 atom stereocenters. The maximum Gasteiger partial charge on any atom is 0.236 e. The van der Waals surface area contributed by atoms with Crippen LogP contribution in [0.25, 0.3) is 0 Å². The molecule has 2 rings (SSSR count). The summed E-state index contributed by atoms with van der Waals surface area (Å²) in [4.78, 5) is 16.4. The average molecular weight is 264 g/mol. The van der Waals surface area contributed by atoms with Gasteiger partial charge in [-0.15, -0.1) is 0 Å². The lowest BCUT2D eigenvalue weighted by molar-refractivity contribution is -0.135. The monoisotopic (exact) mass is 264 g/mol. The van der Waals surface area contributed by atoms with Crippen LogP contribution in [0.15, 0.2) is 0 Å². The molecule has 0 aromatic rings. The van der Waals surface area contributed by atoms with Crippen LogP contribution in [0.2, 0.25) is 0 Å². The quantitative estimate of drug-likeness (QED) is 0.779. The van der Waals surface area contributed by atoms with E-state index in [1.54, 1.807) is 0 Å². The van der Waals surface area contributed by atoms with Gasteiger partial charge in [-0.2, -0.15) is 5.26 Å². The van der Waals surface area contributed by atoms with Crippen molar-refractivity contribution in [2.75, 3.05) is 39.3 Å². The smallest absolute Gasteiger partial charge is 0.236 e. The third-order valence-electron chi connectivity index (χ3n) is 4.06. The molecule has 0 aromatic carbocycles. The molecule has 106 valence electrons. The standard InChI is InChI=1S/C14H24N4O/c1-11-5-12(2)9-18(8-11)14(19)10-17-4-3-16-7-13(17)6-15/h11-13,16H,3-5,7-10H2,1-2H3. The lowest BCUT2D eigenvalue weighted by atomic mass is 9.92. The Morgan fingerprint density at radius 1 is 1.37 bits per heavy atom. The third kappa shape index (κ3) is 3.68. The van der Waals surface area contributed by atoms with Crippen molar-refractivity contribution in [3.63, 3.8) is 0 Å². The second kappa shape index (κ2) is 6.36. The van der Waals surface area contributed by atoms with Gasteiger partial charge in [-0.3, -0.25) is 9.69 Å². The zero-order valence-electron chi connectivity index (χ0n) is 11.9. The minimum atomic E-state index is -0.169. The number of nitrogens with one attached hydrogen (secondary N) is 1. The summed E-state index contributed by atoms with van der Waals surface area (Å²) >= 11 is 0. The predicted molar refractivity (Wildman–Crippen MR) is 73.4 cm³/mol. The van der Waals surface area contributed by atoms with Gasteiger partial charge in [0, 0.05) is 32.7 Å². The first-order chi connectivity index (χ1) is 9.10. The van der Waals surface area contributed by atoms with Crippen molar-refractivity contribution in [2.45, 2.75) is 26.3 Å². The van der Waals surface area contributed by atoms with Crippen molar-refractivity contribution in [1.29, 1.82) is 5.26 Å². The summed E-state index contributed by atoms with van der Waals surface area (Å²) in [6, 6.07) is 2.10. The molecule has 0 aliphatic carbocycles. The third-order valence-corrected chi connectivity index (χ3v) is 4.06. The molecule has 5 heteroatoms. The van der Waals surface area contributed by atoms with Gasteiger partial charge < -0.3 is 10.2 Å². The van der Waals surface area contributed by atoms with Crippen LogP contribution in [0.3, 0.4) is 0 Å². The molecule has 1 N–H and O–H groups in total. The maximum atomic E-state index is 12.4. The fraction of sp³-hybridized carbons (Fsp3) is 0.857. The van der Waals surface area contributed by atoms with Crippen LogP contribution >= 0.6 is 0 Å². The topological polar surface area (TPSA) is 59.4 Å². The molecular formula is C14H24N4O. The summed E-state index contributed by atoms with van der Waals surface area (Å²) in [7, 11) is 0. The molecule has 2 aliphatic rings. The Morgan fingerprint density at radius 2 is 2.05 bits per heavy atom. The van der Waals surface area contributed by atoms with Crippen LogP contribution in [0.1, 0.15) is 20.3 Å². The Balaban J connectivity index is 1.91. The first kappa shape index (κ1) is 14.3. The van der Waals surface area contributed by atoms with Crippen molar-refractivity contribution in [3.8, 4) is 6.07 Å². The molecule has 2 fully saturated rings. The highest BCUT2D eigenvalue weighted by Gasteiger charge is 2.29. The van der Waals surface area contributed by atoms with Gasteiger partial charge in [0.25, 0.3) is 0 Å². The zero-order chi connectivity index (χ0) is 13.8. The van der Waals surface area contributed by atoms with Gasteiger partial charge in [0.15, 0.2) is 0 Å². The van der Waals surface area contributed by atoms with E-state index in [1.165, 1.54) is 6.42 Å². The number of nitrogens with zero attached hydrogens (tertiary/aromatic N) is 3. The Kier molecular flexibility index (Phi) is 4.78. The summed E-state index contributed by atoms with van der Waals surface area (Å²) < 4.78 is 0. The van der Waals surface area contributed by atoms with Crippen LogP contribution in [-0.2, 0) is 4.79 Å². The number of piperazine rings is 1. The average Bonchev–Trinajstić information content (AvgIpc) is 2.38. The summed E-state index contributed by atoms with van der Waals surface area (Å²) in [6.45, 7) is 8.84. The second-order valence-electron chi connectivity index (χ2n) is 6.06. The van der Waals surface area contributed by atoms with Crippen molar-refractivity contribution in [1.82, 2.24) is 15.1 Å². The molecule has 0 saturated carbocycles. The number of hydrogen-bond donors (Lipinski definition) is 1. The van der Waals surface area contributed by atoms with Crippen molar-refractivity contribution >= 4 is 5.91 Å². The van der Waals surface area contributed by atoms with E-state index in [1.807, 2.05) is 9.80 Å². The SMILES string of the molecule is CC1CC(C)CN(C(=O)CN2CCNCC2C#N)C1. The first-order valence-corrected chi connectivity index (χ1v) is 7.22. The van der Waals surface area contributed by atoms with E-state index in [0.29, 0.717) is 24.9 Å². The van der Waals surface area contributed by atoms with Crippen LogP contribution < -0.4 is 5.32 Å². The molecule has 1 amide bonds. The molecule has 0 radical (unpaired) electrons. The number of rotatable bonds is 2. The maximum absolute atomic E-state index is 12.4. The first-order valence-electron chi connectivity index (χ1n) is 7.22. The van der Waals surface area contributed by atoms with E-state index in [0.717, 1.165) is 26.2 Å². The van der Waals surface area contributed by atoms with Crippen LogP contribution in [-0.4, -0.2) is 61.0 Å². The number of nitriles is 1. The molecule has 0 spiro atoms. The highest BCUT2D eigenvalue weighted by molar-refractivity contribution is 5.78. The predicted octanol–water partition coefficient (Wildman–Crippen LogP) is 0.288. The minimum Gasteiger partial charge on any atom is -0.341 e. The van der Waals surface area contributed by atoms with E-state index in [9.17, 15) is 4.79 Å². The number of likely N-dealkylation sites (tertiary alicyclic amines) is 1. The van der Waals surface area contributed by atoms with Crippen molar-refractivity contribution in [3.05, 3.63) is 0 Å². The van der Waals surface area contributed by atoms with Crippen LogP contribution in [0.4, 0.5) is 0 Å². The van der Waals surface area contributed by atoms with Gasteiger partial charge in [-0.25, -0.2) is 0 Å². The summed E-state index contributed by atoms with van der Waals surface area (Å²) in [6.07, 6.45) is 1.21. The van der Waals surface area contributed by atoms with Gasteiger partial charge in [-0.1, -0.05) is 13.8 Å². The lowest BCUT2D eigenvalue weighted by Gasteiger charge is -2.38. The molecule has 0 aromatic heterocycles. The normalized spacial score (nSPS) is 32.9. The number of hydrogen-bond acceptors (Lipinski definition) is 4. The molecule has 0 bridgehead atoms. The highest BCUT2D eigenvalue weighted by Crippen LogP contribution is 2.21. The van der Waals surface area contributed by atoms with E-state index in [-0.39, 0.29) is 11.9 Å². The second-order valence-corrected chi connectivity index (χ2v) is 6.06. The van der Waals surface area contributed by atoms with Gasteiger partial charge in [0.05, 0.1) is 12.6 Å². The number of piperidine rings is 1. The van der Waals surface area contributed by atoms with Crippen molar-refractivity contribution in [2.24, 2.45) is 11.8 Å². The molecule has 5 nitrogen and oxygen atoms in total. The van der Waals surface area contributed by atoms with Gasteiger partial charge in [-0.05, 0) is 18.3 Å². The van der Waals surface area contributed by atoms with E-state index >= 15 is 0 Å². The molecule has 3 unspecified atom stereocenters. The van der Waals surface area contributed by atoms with Crippen molar-refractivity contribution < 1.29 is 4.79 Å².